The lowest BCUT2D eigenvalue weighted by atomic mass is 10.2. The monoisotopic (exact) mass is 344 g/mol. The van der Waals surface area contributed by atoms with Crippen LogP contribution in [0.25, 0.3) is 0 Å². The number of ether oxygens (including phenoxy) is 2. The van der Waals surface area contributed by atoms with Gasteiger partial charge in [0.2, 0.25) is 0 Å². The first kappa shape index (κ1) is 17.7. The minimum absolute atomic E-state index is 0.346. The normalized spacial score (nSPS) is 9.92. The number of methoxy groups -OCH3 is 1. The van der Waals surface area contributed by atoms with Crippen LogP contribution in [0.15, 0.2) is 48.5 Å². The highest BCUT2D eigenvalue weighted by Gasteiger charge is 2.07. The van der Waals surface area contributed by atoms with E-state index in [9.17, 15) is 4.79 Å². The number of carbonyl (C=O) groups excluding carboxylic acids is 1. The lowest BCUT2D eigenvalue weighted by Gasteiger charge is -2.11. The first-order valence-electron chi connectivity index (χ1n) is 7.57. The first-order chi connectivity index (χ1) is 11.6. The van der Waals surface area contributed by atoms with E-state index >= 15 is 0 Å². The zero-order valence-corrected chi connectivity index (χ0v) is 14.5. The Balaban J connectivity index is 1.89. The summed E-state index contributed by atoms with van der Waals surface area (Å²) in [6.07, 6.45) is 0. The fourth-order valence-corrected chi connectivity index (χ4v) is 2.23. The van der Waals surface area contributed by atoms with Gasteiger partial charge in [0.05, 0.1) is 19.3 Å². The van der Waals surface area contributed by atoms with Gasteiger partial charge in [0.1, 0.15) is 5.75 Å². The number of esters is 1. The highest BCUT2D eigenvalue weighted by molar-refractivity contribution is 7.80. The van der Waals surface area contributed by atoms with E-state index in [0.717, 1.165) is 17.0 Å². The number of hydrogen-bond donors (Lipinski definition) is 2. The summed E-state index contributed by atoms with van der Waals surface area (Å²) in [6, 6.07) is 14.8. The van der Waals surface area contributed by atoms with Crippen LogP contribution in [-0.2, 0) is 11.3 Å². The predicted octanol–water partition coefficient (Wildman–Crippen LogP) is 3.36. The fourth-order valence-electron chi connectivity index (χ4n) is 2.04. The molecule has 0 aliphatic heterocycles. The maximum Gasteiger partial charge on any atom is 0.338 e. The third-order valence-electron chi connectivity index (χ3n) is 3.24. The van der Waals surface area contributed by atoms with Gasteiger partial charge in [0.25, 0.3) is 0 Å². The summed E-state index contributed by atoms with van der Waals surface area (Å²) < 4.78 is 10.1. The van der Waals surface area contributed by atoms with Crippen LogP contribution in [0.2, 0.25) is 0 Å². The van der Waals surface area contributed by atoms with Crippen molar-refractivity contribution < 1.29 is 14.3 Å². The van der Waals surface area contributed by atoms with E-state index < -0.39 is 0 Å². The van der Waals surface area contributed by atoms with Crippen molar-refractivity contribution in [1.82, 2.24) is 5.32 Å². The molecule has 0 aromatic heterocycles. The lowest BCUT2D eigenvalue weighted by molar-refractivity contribution is 0.0526. The summed E-state index contributed by atoms with van der Waals surface area (Å²) in [6.45, 7) is 2.71. The molecule has 0 amide bonds. The molecule has 0 saturated carbocycles. The highest BCUT2D eigenvalue weighted by Crippen LogP contribution is 2.13. The van der Waals surface area contributed by atoms with Gasteiger partial charge < -0.3 is 20.1 Å². The standard InChI is InChI=1S/C18H20N2O3S/c1-3-23-17(21)14-5-4-6-15(11-14)20-18(24)19-12-13-7-9-16(22-2)10-8-13/h4-11H,3,12H2,1-2H3,(H2,19,20,24). The molecule has 24 heavy (non-hydrogen) atoms. The van der Waals surface area contributed by atoms with Gasteiger partial charge in [-0.2, -0.15) is 0 Å². The number of thiocarbonyl (C=S) groups is 1. The molecule has 0 saturated heterocycles. The number of nitrogens with one attached hydrogen (secondary N) is 2. The molecule has 0 fully saturated rings. The molecule has 0 spiro atoms. The predicted molar refractivity (Wildman–Crippen MR) is 98.5 cm³/mol. The molecular weight excluding hydrogens is 324 g/mol. The summed E-state index contributed by atoms with van der Waals surface area (Å²) in [7, 11) is 1.64. The van der Waals surface area contributed by atoms with Gasteiger partial charge in [-0.1, -0.05) is 18.2 Å². The minimum atomic E-state index is -0.349. The Morgan fingerprint density at radius 3 is 2.58 bits per heavy atom. The molecule has 0 atom stereocenters. The Morgan fingerprint density at radius 1 is 1.17 bits per heavy atom. The fraction of sp³-hybridized carbons (Fsp3) is 0.222. The summed E-state index contributed by atoms with van der Waals surface area (Å²) in [5, 5.41) is 6.66. The van der Waals surface area contributed by atoms with Crippen molar-refractivity contribution in [2.75, 3.05) is 19.0 Å². The number of rotatable bonds is 6. The zero-order valence-electron chi connectivity index (χ0n) is 13.7. The van der Waals surface area contributed by atoms with Crippen molar-refractivity contribution in [2.24, 2.45) is 0 Å². The molecule has 6 heteroatoms. The maximum atomic E-state index is 11.7. The van der Waals surface area contributed by atoms with Gasteiger partial charge >= 0.3 is 5.97 Å². The first-order valence-corrected chi connectivity index (χ1v) is 7.98. The number of benzene rings is 2. The van der Waals surface area contributed by atoms with Crippen LogP contribution in [0.1, 0.15) is 22.8 Å². The van der Waals surface area contributed by atoms with Gasteiger partial charge in [-0.3, -0.25) is 0 Å². The molecule has 2 aromatic carbocycles. The van der Waals surface area contributed by atoms with Crippen LogP contribution in [-0.4, -0.2) is 24.8 Å². The van der Waals surface area contributed by atoms with Crippen molar-refractivity contribution in [3.8, 4) is 5.75 Å². The average molecular weight is 344 g/mol. The van der Waals surface area contributed by atoms with Gasteiger partial charge in [0.15, 0.2) is 5.11 Å². The van der Waals surface area contributed by atoms with Crippen molar-refractivity contribution in [3.63, 3.8) is 0 Å². The van der Waals surface area contributed by atoms with E-state index in [1.807, 2.05) is 30.3 Å². The van der Waals surface area contributed by atoms with Crippen LogP contribution >= 0.6 is 12.2 Å². The van der Waals surface area contributed by atoms with Gasteiger partial charge in [-0.25, -0.2) is 4.79 Å². The lowest BCUT2D eigenvalue weighted by Crippen LogP contribution is -2.27. The van der Waals surface area contributed by atoms with E-state index in [0.29, 0.717) is 23.8 Å². The van der Waals surface area contributed by atoms with Gasteiger partial charge in [-0.05, 0) is 55.0 Å². The number of hydrogen-bond acceptors (Lipinski definition) is 4. The van der Waals surface area contributed by atoms with Gasteiger partial charge in [-0.15, -0.1) is 0 Å². The Labute approximate surface area is 147 Å². The third kappa shape index (κ3) is 5.24. The SMILES string of the molecule is CCOC(=O)c1cccc(NC(=S)NCc2ccc(OC)cc2)c1. The molecule has 0 radical (unpaired) electrons. The smallest absolute Gasteiger partial charge is 0.338 e. The second-order valence-electron chi connectivity index (χ2n) is 4.96. The Kier molecular flexibility index (Phi) is 6.57. The summed E-state index contributed by atoms with van der Waals surface area (Å²) in [5.41, 5.74) is 2.30. The molecule has 126 valence electrons. The third-order valence-corrected chi connectivity index (χ3v) is 3.49. The van der Waals surface area contributed by atoms with Crippen LogP contribution in [0.5, 0.6) is 5.75 Å². The average Bonchev–Trinajstić information content (AvgIpc) is 2.61. The minimum Gasteiger partial charge on any atom is -0.497 e. The quantitative estimate of drug-likeness (QED) is 0.619. The largest absolute Gasteiger partial charge is 0.497 e. The zero-order chi connectivity index (χ0) is 17.4. The summed E-state index contributed by atoms with van der Waals surface area (Å²) >= 11 is 5.28. The van der Waals surface area contributed by atoms with E-state index in [4.69, 9.17) is 21.7 Å². The molecule has 0 aliphatic rings. The van der Waals surface area contributed by atoms with Gasteiger partial charge in [0, 0.05) is 12.2 Å². The Hall–Kier alpha value is -2.60. The van der Waals surface area contributed by atoms with E-state index in [1.165, 1.54) is 0 Å². The molecule has 0 unspecified atom stereocenters. The Bertz CT molecular complexity index is 702. The van der Waals surface area contributed by atoms with E-state index in [-0.39, 0.29) is 5.97 Å². The van der Waals surface area contributed by atoms with Crippen LogP contribution in [0.4, 0.5) is 5.69 Å². The van der Waals surface area contributed by atoms with Crippen LogP contribution < -0.4 is 15.4 Å². The van der Waals surface area contributed by atoms with Crippen molar-refractivity contribution >= 4 is 29.0 Å². The van der Waals surface area contributed by atoms with Crippen molar-refractivity contribution in [2.45, 2.75) is 13.5 Å². The molecular formula is C18H20N2O3S. The number of anilines is 1. The number of carbonyl (C=O) groups is 1. The van der Waals surface area contributed by atoms with Crippen LogP contribution in [0.3, 0.4) is 0 Å². The second kappa shape index (κ2) is 8.88. The summed E-state index contributed by atoms with van der Waals surface area (Å²) in [5.74, 6) is 0.466. The van der Waals surface area contributed by atoms with Crippen molar-refractivity contribution in [3.05, 3.63) is 59.7 Å². The summed E-state index contributed by atoms with van der Waals surface area (Å²) in [4.78, 5) is 11.7. The maximum absolute atomic E-state index is 11.7. The van der Waals surface area contributed by atoms with E-state index in [1.54, 1.807) is 32.2 Å². The molecule has 2 N–H and O–H groups in total. The molecule has 2 rings (SSSR count). The Morgan fingerprint density at radius 2 is 1.92 bits per heavy atom. The topological polar surface area (TPSA) is 59.6 Å². The highest BCUT2D eigenvalue weighted by atomic mass is 32.1. The van der Waals surface area contributed by atoms with Crippen molar-refractivity contribution in [1.29, 1.82) is 0 Å². The molecule has 2 aromatic rings. The van der Waals surface area contributed by atoms with Crippen LogP contribution in [0, 0.1) is 0 Å². The molecule has 5 nitrogen and oxygen atoms in total. The molecule has 0 bridgehead atoms. The molecule has 0 aliphatic carbocycles. The van der Waals surface area contributed by atoms with E-state index in [2.05, 4.69) is 10.6 Å². The molecule has 0 heterocycles. The second-order valence-corrected chi connectivity index (χ2v) is 5.37.